The van der Waals surface area contributed by atoms with Crippen molar-refractivity contribution in [3.8, 4) is 6.07 Å². The number of hydrogen-bond acceptors (Lipinski definition) is 5. The van der Waals surface area contributed by atoms with Crippen molar-refractivity contribution in [2.24, 2.45) is 5.41 Å². The zero-order valence-electron chi connectivity index (χ0n) is 13.5. The molecule has 0 saturated carbocycles. The molecule has 126 valence electrons. The van der Waals surface area contributed by atoms with Crippen LogP contribution in [0.1, 0.15) is 25.7 Å². The lowest BCUT2D eigenvalue weighted by molar-refractivity contribution is -0.172. The number of likely N-dealkylation sites (N-methyl/N-ethyl adjacent to an activating group) is 1. The third kappa shape index (κ3) is 2.93. The summed E-state index contributed by atoms with van der Waals surface area (Å²) < 4.78 is 11.1. The first-order valence-electron chi connectivity index (χ1n) is 8.17. The molecule has 3 aliphatic heterocycles. The quantitative estimate of drug-likeness (QED) is 0.687. The minimum Gasteiger partial charge on any atom is -0.381 e. The van der Waals surface area contributed by atoms with E-state index in [4.69, 9.17) is 9.47 Å². The van der Waals surface area contributed by atoms with Gasteiger partial charge in [-0.2, -0.15) is 5.26 Å². The van der Waals surface area contributed by atoms with Crippen LogP contribution in [0.4, 0.5) is 0 Å². The second-order valence-electron chi connectivity index (χ2n) is 6.82. The van der Waals surface area contributed by atoms with Gasteiger partial charge in [0.25, 0.3) is 0 Å². The van der Waals surface area contributed by atoms with Crippen molar-refractivity contribution in [2.45, 2.75) is 31.3 Å². The first-order chi connectivity index (χ1) is 11.0. The average Bonchev–Trinajstić information content (AvgIpc) is 2.59. The van der Waals surface area contributed by atoms with E-state index in [1.54, 1.807) is 16.8 Å². The number of rotatable bonds is 1. The van der Waals surface area contributed by atoms with Crippen LogP contribution in [0.3, 0.4) is 0 Å². The maximum atomic E-state index is 12.8. The predicted molar refractivity (Wildman–Crippen MR) is 80.2 cm³/mol. The van der Waals surface area contributed by atoms with Crippen molar-refractivity contribution in [3.05, 3.63) is 0 Å². The Morgan fingerprint density at radius 3 is 2.43 bits per heavy atom. The number of nitriles is 1. The molecule has 1 spiro atoms. The highest BCUT2D eigenvalue weighted by Gasteiger charge is 2.47. The van der Waals surface area contributed by atoms with Gasteiger partial charge in [0.2, 0.25) is 11.8 Å². The standard InChI is InChI=1S/C16H23N3O4/c1-18-12-16(23-10-13(18)20)2-6-19(7-3-16)14(21)15(11-17)4-8-22-9-5-15/h2-10,12H2,1H3. The van der Waals surface area contributed by atoms with Crippen molar-refractivity contribution in [3.63, 3.8) is 0 Å². The number of likely N-dealkylation sites (tertiary alicyclic amines) is 1. The summed E-state index contributed by atoms with van der Waals surface area (Å²) in [6.07, 6.45) is 2.35. The lowest BCUT2D eigenvalue weighted by Crippen LogP contribution is -2.59. The maximum Gasteiger partial charge on any atom is 0.248 e. The Kier molecular flexibility index (Phi) is 4.30. The van der Waals surface area contributed by atoms with Gasteiger partial charge in [-0.25, -0.2) is 0 Å². The number of hydrogen-bond donors (Lipinski definition) is 0. The molecule has 3 heterocycles. The monoisotopic (exact) mass is 321 g/mol. The third-order valence-corrected chi connectivity index (χ3v) is 5.38. The van der Waals surface area contributed by atoms with Gasteiger partial charge in [0, 0.05) is 39.9 Å². The van der Waals surface area contributed by atoms with Gasteiger partial charge < -0.3 is 19.3 Å². The van der Waals surface area contributed by atoms with Crippen molar-refractivity contribution >= 4 is 11.8 Å². The van der Waals surface area contributed by atoms with E-state index in [0.717, 1.165) is 0 Å². The van der Waals surface area contributed by atoms with Gasteiger partial charge in [0.15, 0.2) is 0 Å². The minimum atomic E-state index is -0.928. The van der Waals surface area contributed by atoms with Crippen LogP contribution in [0.5, 0.6) is 0 Å². The highest BCUT2D eigenvalue weighted by molar-refractivity contribution is 5.85. The smallest absolute Gasteiger partial charge is 0.248 e. The molecule has 0 aromatic carbocycles. The summed E-state index contributed by atoms with van der Waals surface area (Å²) in [7, 11) is 1.79. The SMILES string of the molecule is CN1CC2(CCN(C(=O)C3(C#N)CCOCC3)CC2)OCC1=O. The third-order valence-electron chi connectivity index (χ3n) is 5.38. The van der Waals surface area contributed by atoms with Gasteiger partial charge in [-0.15, -0.1) is 0 Å². The molecule has 0 bridgehead atoms. The molecule has 7 heteroatoms. The Hall–Kier alpha value is -1.65. The fraction of sp³-hybridized carbons (Fsp3) is 0.812. The second-order valence-corrected chi connectivity index (χ2v) is 6.82. The van der Waals surface area contributed by atoms with Crippen LogP contribution in [-0.4, -0.2) is 73.7 Å². The summed E-state index contributed by atoms with van der Waals surface area (Å²) in [5, 5.41) is 9.53. The first-order valence-corrected chi connectivity index (χ1v) is 8.17. The first kappa shape index (κ1) is 16.2. The van der Waals surface area contributed by atoms with Gasteiger partial charge in [0.1, 0.15) is 12.0 Å². The number of nitrogens with zero attached hydrogens (tertiary/aromatic N) is 3. The van der Waals surface area contributed by atoms with E-state index in [9.17, 15) is 14.9 Å². The topological polar surface area (TPSA) is 82.9 Å². The molecule has 2 amide bonds. The lowest BCUT2D eigenvalue weighted by Gasteiger charge is -2.47. The summed E-state index contributed by atoms with van der Waals surface area (Å²) >= 11 is 0. The second kappa shape index (κ2) is 6.10. The molecule has 23 heavy (non-hydrogen) atoms. The van der Waals surface area contributed by atoms with E-state index < -0.39 is 5.41 Å². The molecule has 0 aliphatic carbocycles. The fourth-order valence-corrected chi connectivity index (χ4v) is 3.71. The van der Waals surface area contributed by atoms with Crippen molar-refractivity contribution in [1.82, 2.24) is 9.80 Å². The van der Waals surface area contributed by atoms with E-state index in [-0.39, 0.29) is 24.0 Å². The van der Waals surface area contributed by atoms with Gasteiger partial charge in [0.05, 0.1) is 11.7 Å². The van der Waals surface area contributed by atoms with Crippen LogP contribution >= 0.6 is 0 Å². The van der Waals surface area contributed by atoms with Crippen LogP contribution in [0, 0.1) is 16.7 Å². The van der Waals surface area contributed by atoms with Crippen LogP contribution in [0.25, 0.3) is 0 Å². The van der Waals surface area contributed by atoms with E-state index >= 15 is 0 Å². The normalized spacial score (nSPS) is 26.9. The van der Waals surface area contributed by atoms with Crippen molar-refractivity contribution in [1.29, 1.82) is 5.26 Å². The predicted octanol–water partition coefficient (Wildman–Crippen LogP) is 0.157. The van der Waals surface area contributed by atoms with Gasteiger partial charge in [-0.1, -0.05) is 0 Å². The van der Waals surface area contributed by atoms with Crippen LogP contribution in [0.2, 0.25) is 0 Å². The minimum absolute atomic E-state index is 0.000213. The Labute approximate surface area is 136 Å². The Morgan fingerprint density at radius 2 is 1.87 bits per heavy atom. The van der Waals surface area contributed by atoms with E-state index in [1.165, 1.54) is 0 Å². The number of piperidine rings is 1. The summed E-state index contributed by atoms with van der Waals surface area (Å²) in [4.78, 5) is 27.9. The number of carbonyl (C=O) groups is 2. The Balaban J connectivity index is 1.63. The molecule has 0 radical (unpaired) electrons. The largest absolute Gasteiger partial charge is 0.381 e. The van der Waals surface area contributed by atoms with E-state index in [2.05, 4.69) is 6.07 Å². The molecule has 3 aliphatic rings. The van der Waals surface area contributed by atoms with Gasteiger partial charge >= 0.3 is 0 Å². The highest BCUT2D eigenvalue weighted by atomic mass is 16.5. The molecule has 0 aromatic rings. The van der Waals surface area contributed by atoms with Gasteiger partial charge in [-0.05, 0) is 25.7 Å². The Morgan fingerprint density at radius 1 is 1.22 bits per heavy atom. The number of ether oxygens (including phenoxy) is 2. The van der Waals surface area contributed by atoms with Crippen LogP contribution in [-0.2, 0) is 19.1 Å². The number of amides is 2. The average molecular weight is 321 g/mol. The van der Waals surface area contributed by atoms with Crippen LogP contribution < -0.4 is 0 Å². The number of morpholine rings is 1. The lowest BCUT2D eigenvalue weighted by atomic mass is 9.79. The maximum absolute atomic E-state index is 12.8. The molecule has 0 N–H and O–H groups in total. The molecule has 0 atom stereocenters. The van der Waals surface area contributed by atoms with E-state index in [1.807, 2.05) is 0 Å². The molecule has 0 aromatic heterocycles. The highest BCUT2D eigenvalue weighted by Crippen LogP contribution is 2.35. The van der Waals surface area contributed by atoms with Crippen molar-refractivity contribution in [2.75, 3.05) is 46.5 Å². The molecule has 3 fully saturated rings. The molecular weight excluding hydrogens is 298 g/mol. The van der Waals surface area contributed by atoms with E-state index in [0.29, 0.717) is 58.5 Å². The molecule has 0 unspecified atom stereocenters. The van der Waals surface area contributed by atoms with Crippen LogP contribution in [0.15, 0.2) is 0 Å². The summed E-state index contributed by atoms with van der Waals surface area (Å²) in [6.45, 7) is 2.77. The summed E-state index contributed by atoms with van der Waals surface area (Å²) in [6, 6.07) is 2.24. The molecular formula is C16H23N3O4. The summed E-state index contributed by atoms with van der Waals surface area (Å²) in [5.41, 5.74) is -1.27. The number of carbonyl (C=O) groups excluding carboxylic acids is 2. The molecule has 3 saturated heterocycles. The Bertz CT molecular complexity index is 528. The molecule has 7 nitrogen and oxygen atoms in total. The van der Waals surface area contributed by atoms with Crippen molar-refractivity contribution < 1.29 is 19.1 Å². The zero-order chi connectivity index (χ0) is 16.5. The fourth-order valence-electron chi connectivity index (χ4n) is 3.71. The zero-order valence-corrected chi connectivity index (χ0v) is 13.5. The van der Waals surface area contributed by atoms with Gasteiger partial charge in [-0.3, -0.25) is 9.59 Å². The molecule has 3 rings (SSSR count). The summed E-state index contributed by atoms with van der Waals surface area (Å²) in [5.74, 6) is -0.0711.